The molecule has 1 N–H and O–H groups in total. The summed E-state index contributed by atoms with van der Waals surface area (Å²) < 4.78 is 12.7. The first-order valence-corrected chi connectivity index (χ1v) is 13.3. The molecule has 3 aromatic rings. The van der Waals surface area contributed by atoms with Crippen molar-refractivity contribution in [1.29, 1.82) is 0 Å². The number of alkyl halides is 1. The maximum Gasteiger partial charge on any atom is 0.261 e. The fraction of sp³-hybridized carbons (Fsp3) is 0.346. The predicted octanol–water partition coefficient (Wildman–Crippen LogP) is 5.36. The van der Waals surface area contributed by atoms with E-state index >= 15 is 0 Å². The third kappa shape index (κ3) is 5.23. The SMILES string of the molecule is C=CC[C@H](C[C@@H](O)c1cnc(CCl)o1)O[Si](c1ccccc1)(c1ccccc1)C(C)(C)C. The van der Waals surface area contributed by atoms with Crippen LogP contribution in [0.15, 0.2) is 83.9 Å². The number of oxazole rings is 1. The van der Waals surface area contributed by atoms with Crippen molar-refractivity contribution >= 4 is 30.3 Å². The lowest BCUT2D eigenvalue weighted by Gasteiger charge is -2.45. The van der Waals surface area contributed by atoms with Crippen LogP contribution >= 0.6 is 11.6 Å². The molecule has 2 aromatic carbocycles. The second-order valence-corrected chi connectivity index (χ2v) is 13.5. The van der Waals surface area contributed by atoms with Gasteiger partial charge in [0.2, 0.25) is 5.89 Å². The van der Waals surface area contributed by atoms with Crippen molar-refractivity contribution in [1.82, 2.24) is 4.98 Å². The van der Waals surface area contributed by atoms with E-state index in [9.17, 15) is 5.11 Å². The van der Waals surface area contributed by atoms with Crippen molar-refractivity contribution in [3.05, 3.63) is 91.2 Å². The van der Waals surface area contributed by atoms with Gasteiger partial charge in [0, 0.05) is 6.42 Å². The predicted molar refractivity (Wildman–Crippen MR) is 133 cm³/mol. The van der Waals surface area contributed by atoms with Gasteiger partial charge in [-0.15, -0.1) is 18.2 Å². The van der Waals surface area contributed by atoms with Crippen LogP contribution in [0.4, 0.5) is 0 Å². The van der Waals surface area contributed by atoms with Crippen molar-refractivity contribution in [2.24, 2.45) is 0 Å². The van der Waals surface area contributed by atoms with Gasteiger partial charge in [-0.2, -0.15) is 0 Å². The Kier molecular flexibility index (Phi) is 8.12. The second kappa shape index (κ2) is 10.6. The van der Waals surface area contributed by atoms with Crippen LogP contribution in [0.3, 0.4) is 0 Å². The van der Waals surface area contributed by atoms with Gasteiger partial charge >= 0.3 is 0 Å². The van der Waals surface area contributed by atoms with Crippen LogP contribution in [0.25, 0.3) is 0 Å². The molecule has 0 fully saturated rings. The van der Waals surface area contributed by atoms with Crippen molar-refractivity contribution in [3.8, 4) is 0 Å². The number of aliphatic hydroxyl groups is 1. The largest absolute Gasteiger partial charge is 0.442 e. The highest BCUT2D eigenvalue weighted by molar-refractivity contribution is 6.99. The molecular weight excluding hydrogens is 438 g/mol. The number of hydrogen-bond acceptors (Lipinski definition) is 4. The van der Waals surface area contributed by atoms with Crippen molar-refractivity contribution in [2.45, 2.75) is 56.7 Å². The number of hydrogen-bond donors (Lipinski definition) is 1. The lowest BCUT2D eigenvalue weighted by molar-refractivity contribution is 0.0754. The van der Waals surface area contributed by atoms with Crippen molar-refractivity contribution in [2.75, 3.05) is 0 Å². The van der Waals surface area contributed by atoms with Gasteiger partial charge in [0.05, 0.1) is 18.2 Å². The highest BCUT2D eigenvalue weighted by atomic mass is 35.5. The van der Waals surface area contributed by atoms with Gasteiger partial charge < -0.3 is 13.9 Å². The van der Waals surface area contributed by atoms with E-state index < -0.39 is 14.4 Å². The summed E-state index contributed by atoms with van der Waals surface area (Å²) in [6.07, 6.45) is 3.27. The molecule has 4 nitrogen and oxygen atoms in total. The van der Waals surface area contributed by atoms with E-state index in [4.69, 9.17) is 20.4 Å². The number of benzene rings is 2. The average Bonchev–Trinajstić information content (AvgIpc) is 3.27. The van der Waals surface area contributed by atoms with E-state index in [2.05, 4.69) is 80.9 Å². The Bertz CT molecular complexity index is 946. The molecule has 32 heavy (non-hydrogen) atoms. The van der Waals surface area contributed by atoms with Crippen LogP contribution in [0.2, 0.25) is 5.04 Å². The number of rotatable bonds is 10. The first-order chi connectivity index (χ1) is 15.3. The molecule has 1 aromatic heterocycles. The van der Waals surface area contributed by atoms with Gasteiger partial charge in [-0.05, 0) is 21.8 Å². The second-order valence-electron chi connectivity index (χ2n) is 8.97. The van der Waals surface area contributed by atoms with Gasteiger partial charge in [-0.1, -0.05) is 87.5 Å². The molecule has 0 bridgehead atoms. The van der Waals surface area contributed by atoms with Crippen LogP contribution in [0.5, 0.6) is 0 Å². The molecule has 6 heteroatoms. The van der Waals surface area contributed by atoms with E-state index in [0.29, 0.717) is 24.5 Å². The molecule has 0 aliphatic rings. The summed E-state index contributed by atoms with van der Waals surface area (Å²) in [5.74, 6) is 0.969. The number of halogens is 1. The number of aromatic nitrogens is 1. The Morgan fingerprint density at radius 1 is 1.09 bits per heavy atom. The molecule has 3 rings (SSSR count). The highest BCUT2D eigenvalue weighted by Crippen LogP contribution is 2.39. The van der Waals surface area contributed by atoms with Crippen LogP contribution < -0.4 is 10.4 Å². The maximum absolute atomic E-state index is 10.9. The Hall–Kier alpha value is -2.18. The molecule has 2 atom stereocenters. The highest BCUT2D eigenvalue weighted by Gasteiger charge is 2.51. The summed E-state index contributed by atoms with van der Waals surface area (Å²) in [6.45, 7) is 10.7. The lowest BCUT2D eigenvalue weighted by atomic mass is 10.1. The summed E-state index contributed by atoms with van der Waals surface area (Å²) in [5, 5.41) is 13.1. The van der Waals surface area contributed by atoms with E-state index in [-0.39, 0.29) is 17.0 Å². The minimum Gasteiger partial charge on any atom is -0.442 e. The molecule has 0 saturated carbocycles. The maximum atomic E-state index is 10.9. The van der Waals surface area contributed by atoms with E-state index in [1.807, 2.05) is 18.2 Å². The van der Waals surface area contributed by atoms with E-state index in [1.54, 1.807) is 0 Å². The monoisotopic (exact) mass is 469 g/mol. The molecular formula is C26H32ClNO3Si. The fourth-order valence-electron chi connectivity index (χ4n) is 4.22. The van der Waals surface area contributed by atoms with Gasteiger partial charge in [-0.25, -0.2) is 4.98 Å². The minimum atomic E-state index is -2.75. The van der Waals surface area contributed by atoms with Crippen LogP contribution in [0.1, 0.15) is 51.4 Å². The molecule has 0 unspecified atom stereocenters. The topological polar surface area (TPSA) is 55.5 Å². The van der Waals surface area contributed by atoms with Crippen molar-refractivity contribution in [3.63, 3.8) is 0 Å². The molecule has 0 aliphatic carbocycles. The number of nitrogens with zero attached hydrogens (tertiary/aromatic N) is 1. The Morgan fingerprint density at radius 2 is 1.66 bits per heavy atom. The zero-order valence-electron chi connectivity index (χ0n) is 19.0. The molecule has 0 saturated heterocycles. The molecule has 0 radical (unpaired) electrons. The van der Waals surface area contributed by atoms with Gasteiger partial charge in [0.25, 0.3) is 8.32 Å². The van der Waals surface area contributed by atoms with Gasteiger partial charge in [0.15, 0.2) is 5.76 Å². The third-order valence-electron chi connectivity index (χ3n) is 5.69. The molecule has 0 spiro atoms. The average molecular weight is 470 g/mol. The molecule has 0 aliphatic heterocycles. The van der Waals surface area contributed by atoms with Crippen LogP contribution in [0, 0.1) is 0 Å². The normalized spacial score (nSPS) is 14.2. The lowest BCUT2D eigenvalue weighted by Crippen LogP contribution is -2.67. The molecule has 170 valence electrons. The zero-order valence-corrected chi connectivity index (χ0v) is 20.8. The summed E-state index contributed by atoms with van der Waals surface area (Å²) >= 11 is 5.80. The third-order valence-corrected chi connectivity index (χ3v) is 11.0. The fourth-order valence-corrected chi connectivity index (χ4v) is 9.06. The Morgan fingerprint density at radius 3 is 2.09 bits per heavy atom. The van der Waals surface area contributed by atoms with Gasteiger partial charge in [-0.3, -0.25) is 0 Å². The van der Waals surface area contributed by atoms with Gasteiger partial charge in [0.1, 0.15) is 6.10 Å². The first-order valence-electron chi connectivity index (χ1n) is 10.9. The van der Waals surface area contributed by atoms with E-state index in [0.717, 1.165) is 0 Å². The number of aliphatic hydroxyl groups excluding tert-OH is 1. The Labute approximate surface area is 197 Å². The zero-order chi connectivity index (χ0) is 23.2. The minimum absolute atomic E-state index is 0.155. The molecule has 0 amide bonds. The summed E-state index contributed by atoms with van der Waals surface area (Å²) in [7, 11) is -2.75. The van der Waals surface area contributed by atoms with Crippen LogP contribution in [-0.4, -0.2) is 24.5 Å². The van der Waals surface area contributed by atoms with E-state index in [1.165, 1.54) is 16.6 Å². The standard InChI is InChI=1S/C26H32ClNO3Si/c1-5-12-20(17-23(29)24-19-28-25(18-27)30-24)31-32(26(2,3)4,21-13-8-6-9-14-21)22-15-10-7-11-16-22/h5-11,13-16,19-20,23,29H,1,12,17-18H2,2-4H3/t20-,23-/m1/s1. The van der Waals surface area contributed by atoms with Crippen LogP contribution in [-0.2, 0) is 10.3 Å². The molecule has 1 heterocycles. The summed E-state index contributed by atoms with van der Waals surface area (Å²) in [4.78, 5) is 4.11. The quantitative estimate of drug-likeness (QED) is 0.247. The summed E-state index contributed by atoms with van der Waals surface area (Å²) in [5.41, 5.74) is 0. The Balaban J connectivity index is 2.03. The summed E-state index contributed by atoms with van der Waals surface area (Å²) in [6, 6.07) is 21.0. The smallest absolute Gasteiger partial charge is 0.261 e. The van der Waals surface area contributed by atoms with Crippen molar-refractivity contribution < 1.29 is 13.9 Å². The first kappa shape index (κ1) is 24.5.